The van der Waals surface area contributed by atoms with Crippen molar-refractivity contribution in [3.8, 4) is 0 Å². The second-order valence-electron chi connectivity index (χ2n) is 17.1. The summed E-state index contributed by atoms with van der Waals surface area (Å²) in [6.45, 7) is 13.4. The first kappa shape index (κ1) is 28.9. The van der Waals surface area contributed by atoms with Gasteiger partial charge in [-0.3, -0.25) is 19.7 Å². The molecule has 0 radical (unpaired) electrons. The minimum atomic E-state index is -0.276. The van der Waals surface area contributed by atoms with Crippen molar-refractivity contribution in [2.75, 3.05) is 32.8 Å². The average molecular weight is 596 g/mol. The molecule has 2 amide bonds. The molecule has 8 heteroatoms. The Labute approximate surface area is 257 Å². The molecule has 238 valence electrons. The highest BCUT2D eigenvalue weighted by molar-refractivity contribution is 5.97. The van der Waals surface area contributed by atoms with Crippen molar-refractivity contribution >= 4 is 17.6 Å². The minimum absolute atomic E-state index is 0.0481. The normalized spacial score (nSPS) is 51.1. The van der Waals surface area contributed by atoms with Gasteiger partial charge in [0.2, 0.25) is 11.8 Å². The van der Waals surface area contributed by atoms with E-state index in [1.807, 2.05) is 4.90 Å². The fourth-order valence-electron chi connectivity index (χ4n) is 12.3. The molecule has 8 rings (SSSR count). The first-order valence-corrected chi connectivity index (χ1v) is 17.6. The van der Waals surface area contributed by atoms with Crippen LogP contribution in [0.2, 0.25) is 0 Å². The quantitative estimate of drug-likeness (QED) is 0.481. The Bertz CT molecular complexity index is 1190. The molecule has 2 spiro atoms. The number of hydrogen-bond donors (Lipinski definition) is 2. The summed E-state index contributed by atoms with van der Waals surface area (Å²) >= 11 is 0. The molecule has 0 unspecified atom stereocenters. The first-order valence-electron chi connectivity index (χ1n) is 17.6. The van der Waals surface area contributed by atoms with Crippen LogP contribution >= 0.6 is 0 Å². The van der Waals surface area contributed by atoms with E-state index in [1.165, 1.54) is 19.3 Å². The number of Topliss-reactive ketones (excluding diaryl/α,β-unsaturated/α-hetero) is 1. The van der Waals surface area contributed by atoms with E-state index < -0.39 is 0 Å². The van der Waals surface area contributed by atoms with E-state index in [4.69, 9.17) is 9.47 Å². The molecule has 43 heavy (non-hydrogen) atoms. The molecule has 8 nitrogen and oxygen atoms in total. The zero-order chi connectivity index (χ0) is 29.9. The number of piperidine rings is 1. The molecule has 4 aliphatic carbocycles. The fraction of sp³-hybridized carbons (Fsp3) is 0.914. The van der Waals surface area contributed by atoms with Gasteiger partial charge in [-0.25, -0.2) is 0 Å². The van der Waals surface area contributed by atoms with Gasteiger partial charge in [-0.05, 0) is 86.4 Å². The number of ketones is 1. The summed E-state index contributed by atoms with van der Waals surface area (Å²) in [7, 11) is 0. The highest BCUT2D eigenvalue weighted by Crippen LogP contribution is 2.70. The Morgan fingerprint density at radius 3 is 2.51 bits per heavy atom. The summed E-state index contributed by atoms with van der Waals surface area (Å²) in [5.74, 6) is 3.62. The number of nitrogens with one attached hydrogen (secondary N) is 2. The number of nitrogens with zero attached hydrogens (tertiary/aromatic N) is 1. The maximum absolute atomic E-state index is 14.4. The SMILES string of the molecule is C[C@H]1CC[C@@]2(NC1)O[C@H]1C[C@H]3[C@@H]4CC[C@@H]5C[C@H](NC(=O)CC(=O)N6CC7(COC7)C6)CC[C@]5(C)[C@H]4CC(=O)[C@]3(C)[C@H]1[C@@H]2C. The molecule has 8 aliphatic rings. The molecule has 0 bridgehead atoms. The minimum Gasteiger partial charge on any atom is -0.380 e. The van der Waals surface area contributed by atoms with Crippen molar-refractivity contribution < 1.29 is 23.9 Å². The largest absolute Gasteiger partial charge is 0.380 e. The van der Waals surface area contributed by atoms with Crippen molar-refractivity contribution in [2.45, 2.75) is 110 Å². The highest BCUT2D eigenvalue weighted by Gasteiger charge is 2.71. The molecule has 4 aliphatic heterocycles. The van der Waals surface area contributed by atoms with E-state index in [9.17, 15) is 14.4 Å². The van der Waals surface area contributed by atoms with Crippen LogP contribution in [0, 0.1) is 57.7 Å². The van der Waals surface area contributed by atoms with Crippen LogP contribution in [0.15, 0.2) is 0 Å². The maximum Gasteiger partial charge on any atom is 0.232 e. The van der Waals surface area contributed by atoms with Gasteiger partial charge in [-0.15, -0.1) is 0 Å². The lowest BCUT2D eigenvalue weighted by Gasteiger charge is -2.60. The number of amides is 2. The van der Waals surface area contributed by atoms with E-state index in [2.05, 4.69) is 38.3 Å². The second-order valence-corrected chi connectivity index (χ2v) is 17.1. The monoisotopic (exact) mass is 595 g/mol. The standard InChI is InChI=1S/C35H53N3O5/c1-20-7-10-35(36-15-20)21(2)31-27(43-35)12-26-24-6-5-22-11-23(8-9-32(22,3)25(24)13-28(39)33(26,31)4)37-29(40)14-30(41)38-16-34(17-38)18-42-19-34/h20-27,31,36H,5-19H2,1-4H3,(H,37,40)/t20-,21-,22+,23+,24+,25-,26-,27-,31-,32-,33+,35+/m0/s1. The van der Waals surface area contributed by atoms with E-state index >= 15 is 0 Å². The van der Waals surface area contributed by atoms with Crippen LogP contribution in [-0.2, 0) is 23.9 Å². The van der Waals surface area contributed by atoms with E-state index in [0.717, 1.165) is 65.0 Å². The Morgan fingerprint density at radius 1 is 1.02 bits per heavy atom. The van der Waals surface area contributed by atoms with Gasteiger partial charge < -0.3 is 19.7 Å². The number of hydrogen-bond acceptors (Lipinski definition) is 6. The summed E-state index contributed by atoms with van der Waals surface area (Å²) in [6.07, 6.45) is 9.47. The third-order valence-electron chi connectivity index (χ3n) is 14.9. The summed E-state index contributed by atoms with van der Waals surface area (Å²) < 4.78 is 12.3. The zero-order valence-corrected chi connectivity index (χ0v) is 26.8. The number of likely N-dealkylation sites (tertiary alicyclic amines) is 1. The van der Waals surface area contributed by atoms with Crippen LogP contribution in [0.1, 0.15) is 91.9 Å². The lowest BCUT2D eigenvalue weighted by molar-refractivity contribution is -0.195. The number of carbonyl (C=O) groups is 3. The van der Waals surface area contributed by atoms with Crippen molar-refractivity contribution in [1.82, 2.24) is 15.5 Å². The summed E-state index contributed by atoms with van der Waals surface area (Å²) in [6, 6.07) is 0.129. The Balaban J connectivity index is 0.913. The van der Waals surface area contributed by atoms with Gasteiger partial charge in [0.05, 0.1) is 24.7 Å². The molecule has 4 saturated heterocycles. The summed E-state index contributed by atoms with van der Waals surface area (Å²) in [5.41, 5.74) is -0.206. The van der Waals surface area contributed by atoms with Gasteiger partial charge in [0.1, 0.15) is 17.9 Å². The Morgan fingerprint density at radius 2 is 1.81 bits per heavy atom. The van der Waals surface area contributed by atoms with E-state index in [0.29, 0.717) is 53.6 Å². The van der Waals surface area contributed by atoms with Gasteiger partial charge in [0.15, 0.2) is 0 Å². The van der Waals surface area contributed by atoms with Gasteiger partial charge >= 0.3 is 0 Å². The van der Waals surface area contributed by atoms with Crippen molar-refractivity contribution in [1.29, 1.82) is 0 Å². The maximum atomic E-state index is 14.4. The predicted octanol–water partition coefficient (Wildman–Crippen LogP) is 3.92. The molecular weight excluding hydrogens is 542 g/mol. The molecule has 4 saturated carbocycles. The topological polar surface area (TPSA) is 97.0 Å². The van der Waals surface area contributed by atoms with Gasteiger partial charge in [0.25, 0.3) is 0 Å². The van der Waals surface area contributed by atoms with Crippen molar-refractivity contribution in [3.63, 3.8) is 0 Å². The van der Waals surface area contributed by atoms with Crippen LogP contribution in [0.3, 0.4) is 0 Å². The molecule has 4 heterocycles. The smallest absolute Gasteiger partial charge is 0.232 e. The summed E-state index contributed by atoms with van der Waals surface area (Å²) in [5, 5.41) is 7.05. The predicted molar refractivity (Wildman–Crippen MR) is 161 cm³/mol. The van der Waals surface area contributed by atoms with Crippen LogP contribution in [0.4, 0.5) is 0 Å². The Hall–Kier alpha value is -1.51. The molecular formula is C35H53N3O5. The van der Waals surface area contributed by atoms with Gasteiger partial charge in [-0.2, -0.15) is 0 Å². The average Bonchev–Trinajstić information content (AvgIpc) is 3.36. The lowest BCUT2D eigenvalue weighted by atomic mass is 9.44. The van der Waals surface area contributed by atoms with Gasteiger partial charge in [0, 0.05) is 49.3 Å². The number of rotatable bonds is 3. The molecule has 12 atom stereocenters. The van der Waals surface area contributed by atoms with Crippen LogP contribution in [0.5, 0.6) is 0 Å². The van der Waals surface area contributed by atoms with Gasteiger partial charge in [-0.1, -0.05) is 27.7 Å². The molecule has 2 N–H and O–H groups in total. The number of ether oxygens (including phenoxy) is 2. The van der Waals surface area contributed by atoms with Crippen LogP contribution in [-0.4, -0.2) is 73.2 Å². The molecule has 8 fully saturated rings. The third-order valence-corrected chi connectivity index (χ3v) is 14.9. The second kappa shape index (κ2) is 9.75. The third kappa shape index (κ3) is 4.13. The van der Waals surface area contributed by atoms with Crippen molar-refractivity contribution in [3.05, 3.63) is 0 Å². The molecule has 0 aromatic heterocycles. The van der Waals surface area contributed by atoms with Crippen LogP contribution < -0.4 is 10.6 Å². The first-order chi connectivity index (χ1) is 20.5. The van der Waals surface area contributed by atoms with Crippen LogP contribution in [0.25, 0.3) is 0 Å². The summed E-state index contributed by atoms with van der Waals surface area (Å²) in [4.78, 5) is 41.7. The lowest BCUT2D eigenvalue weighted by Crippen LogP contribution is -2.67. The fourth-order valence-corrected chi connectivity index (χ4v) is 12.3. The number of carbonyl (C=O) groups excluding carboxylic acids is 3. The highest BCUT2D eigenvalue weighted by atomic mass is 16.5. The molecule has 0 aromatic rings. The Kier molecular flexibility index (Phi) is 6.56. The zero-order valence-electron chi connectivity index (χ0n) is 26.8. The number of fused-ring (bicyclic) bond motifs is 7. The molecule has 0 aromatic carbocycles. The van der Waals surface area contributed by atoms with E-state index in [1.54, 1.807) is 0 Å². The van der Waals surface area contributed by atoms with E-state index in [-0.39, 0.29) is 52.4 Å². The van der Waals surface area contributed by atoms with Crippen molar-refractivity contribution in [2.24, 2.45) is 57.7 Å².